The van der Waals surface area contributed by atoms with Gasteiger partial charge in [-0.2, -0.15) is 4.31 Å². The van der Waals surface area contributed by atoms with E-state index in [4.69, 9.17) is 0 Å². The molecule has 0 radical (unpaired) electrons. The summed E-state index contributed by atoms with van der Waals surface area (Å²) in [7, 11) is -3.60. The van der Waals surface area contributed by atoms with Crippen molar-refractivity contribution in [3.63, 3.8) is 0 Å². The maximum absolute atomic E-state index is 12.8. The first-order valence-corrected chi connectivity index (χ1v) is 12.1. The van der Waals surface area contributed by atoms with Gasteiger partial charge < -0.3 is 5.32 Å². The third-order valence-corrected chi connectivity index (χ3v) is 7.65. The fraction of sp³-hybridized carbons (Fsp3) is 0.278. The number of aromatic nitrogens is 3. The molecule has 0 aliphatic carbocycles. The number of nitrogens with one attached hydrogen (secondary N) is 1. The van der Waals surface area contributed by atoms with Crippen molar-refractivity contribution in [2.75, 3.05) is 24.2 Å². The van der Waals surface area contributed by atoms with E-state index in [1.807, 2.05) is 12.1 Å². The van der Waals surface area contributed by atoms with E-state index in [1.54, 1.807) is 36.4 Å². The van der Waals surface area contributed by atoms with Crippen molar-refractivity contribution in [2.45, 2.75) is 23.9 Å². The number of hydrogen-bond acceptors (Lipinski definition) is 6. The molecule has 3 aromatic rings. The number of pyridine rings is 1. The number of carbonyl (C=O) groups is 1. The predicted molar refractivity (Wildman–Crippen MR) is 117 cm³/mol. The van der Waals surface area contributed by atoms with Gasteiger partial charge in [-0.05, 0) is 36.4 Å². The normalized spacial score (nSPS) is 11.9. The van der Waals surface area contributed by atoms with E-state index in [1.165, 1.54) is 28.3 Å². The zero-order valence-electron chi connectivity index (χ0n) is 15.9. The highest BCUT2D eigenvalue weighted by Gasteiger charge is 2.23. The van der Waals surface area contributed by atoms with Gasteiger partial charge in [0.15, 0.2) is 10.8 Å². The predicted octanol–water partition coefficient (Wildman–Crippen LogP) is 3.25. The Balaban J connectivity index is 1.76. The monoisotopic (exact) mass is 497 g/mol. The number of hydrogen-bond donors (Lipinski definition) is 1. The average Bonchev–Trinajstić information content (AvgIpc) is 3.11. The van der Waals surface area contributed by atoms with E-state index in [2.05, 4.69) is 31.4 Å². The fourth-order valence-corrected chi connectivity index (χ4v) is 5.11. The lowest BCUT2D eigenvalue weighted by Gasteiger charge is -2.18. The van der Waals surface area contributed by atoms with Crippen LogP contribution in [-0.2, 0) is 14.8 Å². The standard InChI is InChI=1S/C18H20BrN5O3S2/c1-3-23(4-2)29(26,27)15-9-10-16-21-22-18(24(16)11-15)28-12-17(25)20-14-7-5-13(19)6-8-14/h5-11H,3-4,12H2,1-2H3,(H,20,25). The lowest BCUT2D eigenvalue weighted by Crippen LogP contribution is -2.30. The first-order valence-electron chi connectivity index (χ1n) is 8.88. The van der Waals surface area contributed by atoms with Crippen molar-refractivity contribution < 1.29 is 13.2 Å². The topological polar surface area (TPSA) is 96.7 Å². The van der Waals surface area contributed by atoms with Gasteiger partial charge in [-0.15, -0.1) is 10.2 Å². The molecule has 0 bridgehead atoms. The summed E-state index contributed by atoms with van der Waals surface area (Å²) in [6.07, 6.45) is 1.50. The lowest BCUT2D eigenvalue weighted by molar-refractivity contribution is -0.113. The van der Waals surface area contributed by atoms with Crippen molar-refractivity contribution in [3.05, 3.63) is 47.1 Å². The van der Waals surface area contributed by atoms with Crippen LogP contribution in [0.1, 0.15) is 13.8 Å². The highest BCUT2D eigenvalue weighted by molar-refractivity contribution is 9.10. The molecule has 0 saturated carbocycles. The Bertz CT molecular complexity index is 1110. The smallest absolute Gasteiger partial charge is 0.244 e. The summed E-state index contributed by atoms with van der Waals surface area (Å²) in [4.78, 5) is 12.4. The number of thioether (sulfide) groups is 1. The largest absolute Gasteiger partial charge is 0.325 e. The van der Waals surface area contributed by atoms with E-state index in [0.717, 1.165) is 4.47 Å². The molecule has 1 aromatic carbocycles. The summed E-state index contributed by atoms with van der Waals surface area (Å²) >= 11 is 4.53. The number of carbonyl (C=O) groups excluding carboxylic acids is 1. The molecule has 0 aliphatic heterocycles. The van der Waals surface area contributed by atoms with Crippen LogP contribution in [0.2, 0.25) is 0 Å². The molecule has 0 aliphatic rings. The Morgan fingerprint density at radius 1 is 1.14 bits per heavy atom. The highest BCUT2D eigenvalue weighted by atomic mass is 79.9. The molecule has 1 N–H and O–H groups in total. The summed E-state index contributed by atoms with van der Waals surface area (Å²) < 4.78 is 29.4. The number of anilines is 1. The Labute approximate surface area is 181 Å². The summed E-state index contributed by atoms with van der Waals surface area (Å²) in [5.41, 5.74) is 1.21. The number of amides is 1. The fourth-order valence-electron chi connectivity index (χ4n) is 2.67. The molecular weight excluding hydrogens is 478 g/mol. The molecular formula is C18H20BrN5O3S2. The molecule has 2 heterocycles. The Morgan fingerprint density at radius 3 is 2.48 bits per heavy atom. The summed E-state index contributed by atoms with van der Waals surface area (Å²) in [6, 6.07) is 10.4. The van der Waals surface area contributed by atoms with Crippen LogP contribution in [0.5, 0.6) is 0 Å². The van der Waals surface area contributed by atoms with Gasteiger partial charge >= 0.3 is 0 Å². The number of rotatable bonds is 8. The molecule has 0 saturated heterocycles. The molecule has 0 atom stereocenters. The van der Waals surface area contributed by atoms with Gasteiger partial charge in [0, 0.05) is 29.4 Å². The van der Waals surface area contributed by atoms with E-state index >= 15 is 0 Å². The average molecular weight is 498 g/mol. The van der Waals surface area contributed by atoms with Crippen molar-refractivity contribution in [1.82, 2.24) is 18.9 Å². The van der Waals surface area contributed by atoms with Crippen LogP contribution in [0, 0.1) is 0 Å². The molecule has 0 unspecified atom stereocenters. The van der Waals surface area contributed by atoms with Crippen LogP contribution >= 0.6 is 27.7 Å². The third-order valence-electron chi connectivity index (χ3n) is 4.15. The van der Waals surface area contributed by atoms with Gasteiger partial charge in [-0.1, -0.05) is 41.5 Å². The summed E-state index contributed by atoms with van der Waals surface area (Å²) in [5, 5.41) is 11.4. The number of fused-ring (bicyclic) bond motifs is 1. The molecule has 1 amide bonds. The molecule has 8 nitrogen and oxygen atoms in total. The highest BCUT2D eigenvalue weighted by Crippen LogP contribution is 2.22. The molecule has 11 heteroatoms. The lowest BCUT2D eigenvalue weighted by atomic mass is 10.3. The van der Waals surface area contributed by atoms with Gasteiger partial charge in [-0.3, -0.25) is 9.20 Å². The first-order chi connectivity index (χ1) is 13.8. The quantitative estimate of drug-likeness (QED) is 0.479. The zero-order valence-corrected chi connectivity index (χ0v) is 19.1. The van der Waals surface area contributed by atoms with Crippen molar-refractivity contribution in [1.29, 1.82) is 0 Å². The summed E-state index contributed by atoms with van der Waals surface area (Å²) in [6.45, 7) is 4.36. The van der Waals surface area contributed by atoms with Gasteiger partial charge in [0.05, 0.1) is 10.6 Å². The minimum atomic E-state index is -3.60. The molecule has 154 valence electrons. The maximum Gasteiger partial charge on any atom is 0.244 e. The van der Waals surface area contributed by atoms with Crippen LogP contribution < -0.4 is 5.32 Å². The number of nitrogens with zero attached hydrogens (tertiary/aromatic N) is 4. The second-order valence-electron chi connectivity index (χ2n) is 6.01. The minimum Gasteiger partial charge on any atom is -0.325 e. The van der Waals surface area contributed by atoms with Gasteiger partial charge in [0.1, 0.15) is 0 Å². The number of benzene rings is 1. The van der Waals surface area contributed by atoms with Crippen LogP contribution in [0.15, 0.2) is 57.1 Å². The number of halogens is 1. The molecule has 3 rings (SSSR count). The summed E-state index contributed by atoms with van der Waals surface area (Å²) in [5.74, 6) is -0.0786. The van der Waals surface area contributed by atoms with Crippen LogP contribution in [0.25, 0.3) is 5.65 Å². The van der Waals surface area contributed by atoms with Crippen molar-refractivity contribution in [3.8, 4) is 0 Å². The Kier molecular flexibility index (Phi) is 6.93. The Hall–Kier alpha value is -1.95. The minimum absolute atomic E-state index is 0.115. The Morgan fingerprint density at radius 2 is 1.83 bits per heavy atom. The molecule has 2 aromatic heterocycles. The van der Waals surface area contributed by atoms with Crippen molar-refractivity contribution >= 4 is 55.0 Å². The van der Waals surface area contributed by atoms with Crippen LogP contribution in [-0.4, -0.2) is 52.1 Å². The first kappa shape index (κ1) is 21.8. The van der Waals surface area contributed by atoms with Gasteiger partial charge in [0.2, 0.25) is 15.9 Å². The molecule has 29 heavy (non-hydrogen) atoms. The van der Waals surface area contributed by atoms with E-state index < -0.39 is 10.0 Å². The van der Waals surface area contributed by atoms with E-state index in [0.29, 0.717) is 29.6 Å². The SMILES string of the molecule is CCN(CC)S(=O)(=O)c1ccc2nnc(SCC(=O)Nc3ccc(Br)cc3)n2c1. The van der Waals surface area contributed by atoms with E-state index in [-0.39, 0.29) is 16.6 Å². The molecule has 0 spiro atoms. The second-order valence-corrected chi connectivity index (χ2v) is 9.80. The van der Waals surface area contributed by atoms with Gasteiger partial charge in [0.25, 0.3) is 0 Å². The molecule has 0 fully saturated rings. The van der Waals surface area contributed by atoms with Crippen molar-refractivity contribution in [2.24, 2.45) is 0 Å². The van der Waals surface area contributed by atoms with E-state index in [9.17, 15) is 13.2 Å². The second kappa shape index (κ2) is 9.24. The van der Waals surface area contributed by atoms with Crippen LogP contribution in [0.3, 0.4) is 0 Å². The van der Waals surface area contributed by atoms with Crippen LogP contribution in [0.4, 0.5) is 5.69 Å². The zero-order chi connectivity index (χ0) is 21.0. The van der Waals surface area contributed by atoms with Gasteiger partial charge in [-0.25, -0.2) is 8.42 Å². The maximum atomic E-state index is 12.8. The number of sulfonamides is 1. The third kappa shape index (κ3) is 4.97.